The molecule has 0 aliphatic rings. The molecule has 5 heteroatoms. The van der Waals surface area contributed by atoms with Gasteiger partial charge in [0.15, 0.2) is 0 Å². The minimum absolute atomic E-state index is 0. The van der Waals surface area contributed by atoms with Crippen molar-refractivity contribution < 1.29 is 67.4 Å². The van der Waals surface area contributed by atoms with Crippen LogP contribution in [-0.4, -0.2) is 23.1 Å². The molecule has 0 bridgehead atoms. The van der Waals surface area contributed by atoms with E-state index in [2.05, 4.69) is 0 Å². The molecule has 0 saturated carbocycles. The molecule has 0 nitrogen and oxygen atoms in total. The molecule has 0 heterocycles. The van der Waals surface area contributed by atoms with Crippen molar-refractivity contribution in [3.8, 4) is 0 Å². The van der Waals surface area contributed by atoms with Gasteiger partial charge in [0.2, 0.25) is 0 Å². The van der Waals surface area contributed by atoms with Gasteiger partial charge in [-0.1, -0.05) is 0 Å². The summed E-state index contributed by atoms with van der Waals surface area (Å²) >= 11 is 0. The third-order valence-corrected chi connectivity index (χ3v) is 0. The molecule has 0 aromatic heterocycles. The Morgan fingerprint density at radius 1 is 1.00 bits per heavy atom. The normalized spacial score (nSPS) is 0. The first-order valence-electron chi connectivity index (χ1n) is 0. The number of hydrogen-bond acceptors (Lipinski definition) is 0. The van der Waals surface area contributed by atoms with Crippen LogP contribution in [0.15, 0.2) is 0 Å². The van der Waals surface area contributed by atoms with Crippen molar-refractivity contribution in [3.05, 3.63) is 0 Å². The Bertz CT molecular complexity index is 11.6. The summed E-state index contributed by atoms with van der Waals surface area (Å²) < 4.78 is 0. The molecular weight excluding hydrogens is 253 g/mol. The Morgan fingerprint density at radius 2 is 1.00 bits per heavy atom. The van der Waals surface area contributed by atoms with Gasteiger partial charge in [-0.15, -0.1) is 0 Å². The molecule has 0 N–H and O–H groups in total. The third-order valence-electron chi connectivity index (χ3n) is 0. The molecule has 0 rings (SSSR count). The molecule has 0 aromatic carbocycles. The summed E-state index contributed by atoms with van der Waals surface area (Å²) in [5.41, 5.74) is 0. The van der Waals surface area contributed by atoms with E-state index in [0.29, 0.717) is 0 Å². The topological polar surface area (TPSA) is 0 Å². The van der Waals surface area contributed by atoms with Crippen molar-refractivity contribution >= 4 is 23.1 Å². The van der Waals surface area contributed by atoms with Gasteiger partial charge in [0.05, 0.1) is 0 Å². The van der Waals surface area contributed by atoms with Gasteiger partial charge in [0.1, 0.15) is 0 Å². The Kier molecular flexibility index (Phi) is 268. The van der Waals surface area contributed by atoms with Crippen LogP contribution in [0.3, 0.4) is 0 Å². The van der Waals surface area contributed by atoms with Crippen molar-refractivity contribution in [2.45, 2.75) is 0 Å². The van der Waals surface area contributed by atoms with Gasteiger partial charge in [-0.05, 0) is 0 Å². The zero-order valence-corrected chi connectivity index (χ0v) is 5.69. The monoisotopic (exact) mass is 254 g/mol. The fraction of sp³-hybridized carbons (Fsp3) is 0. The van der Waals surface area contributed by atoms with Gasteiger partial charge < -0.3 is 0 Å². The first-order chi connectivity index (χ1) is 0. The van der Waals surface area contributed by atoms with Crippen LogP contribution in [0.2, 0.25) is 0 Å². The van der Waals surface area contributed by atoms with Crippen LogP contribution >= 0.6 is 0 Å². The Hall–Kier alpha value is 2.81. The van der Waals surface area contributed by atoms with Crippen LogP contribution in [0.1, 0.15) is 0 Å². The summed E-state index contributed by atoms with van der Waals surface area (Å²) in [5, 5.41) is 0. The van der Waals surface area contributed by atoms with Crippen LogP contribution in [-0.2, 0) is 67.4 Å². The van der Waals surface area contributed by atoms with Gasteiger partial charge >= 0.3 is 23.1 Å². The molecule has 2 radical (unpaired) electrons. The first-order valence-corrected chi connectivity index (χ1v) is 0. The van der Waals surface area contributed by atoms with E-state index >= 15 is 0 Å². The molecule has 0 aromatic rings. The van der Waals surface area contributed by atoms with E-state index in [4.69, 9.17) is 0 Å². The van der Waals surface area contributed by atoms with Crippen LogP contribution in [0, 0.1) is 0 Å². The Morgan fingerprint density at radius 3 is 1.00 bits per heavy atom. The summed E-state index contributed by atoms with van der Waals surface area (Å²) in [5.74, 6) is 0. The van der Waals surface area contributed by atoms with E-state index in [1.807, 2.05) is 0 Å². The Labute approximate surface area is 89.2 Å². The van der Waals surface area contributed by atoms with Crippen LogP contribution in [0.5, 0.6) is 0 Å². The molecule has 38 valence electrons. The minimum atomic E-state index is 0. The second-order valence-corrected chi connectivity index (χ2v) is 0. The molecule has 0 atom stereocenters. The molecule has 0 aliphatic carbocycles. The summed E-state index contributed by atoms with van der Waals surface area (Å²) in [6, 6.07) is 0. The number of rotatable bonds is 0. The largest absolute Gasteiger partial charge is 0.316 e. The summed E-state index contributed by atoms with van der Waals surface area (Å²) in [6.07, 6.45) is 0. The van der Waals surface area contributed by atoms with Gasteiger partial charge in [-0.3, -0.25) is 0 Å². The smallest absolute Gasteiger partial charge is 0 e. The van der Waals surface area contributed by atoms with Crippen molar-refractivity contribution in [3.63, 3.8) is 0 Å². The summed E-state index contributed by atoms with van der Waals surface area (Å²) in [7, 11) is 0. The molecule has 0 spiro atoms. The van der Waals surface area contributed by atoms with Crippen LogP contribution in [0.25, 0.3) is 0 Å². The fourth-order valence-electron chi connectivity index (χ4n) is 0. The van der Waals surface area contributed by atoms with Crippen molar-refractivity contribution in [2.75, 3.05) is 0 Å². The van der Waals surface area contributed by atoms with Crippen molar-refractivity contribution in [1.82, 2.24) is 0 Å². The maximum absolute atomic E-state index is 0. The Balaban J connectivity index is 0. The second-order valence-electron chi connectivity index (χ2n) is 0. The molecule has 0 aliphatic heterocycles. The number of hydrogen-bond donors (Lipinski definition) is 0. The summed E-state index contributed by atoms with van der Waals surface area (Å²) in [6.45, 7) is 0. The van der Waals surface area contributed by atoms with E-state index in [9.17, 15) is 0 Å². The fourth-order valence-corrected chi connectivity index (χ4v) is 0. The SMILES string of the molecule is [Co].[Fe].[MgH2].[Mn].[Ni]. The quantitative estimate of drug-likeness (QED) is 0.491. The van der Waals surface area contributed by atoms with E-state index in [1.54, 1.807) is 0 Å². The maximum atomic E-state index is 0. The third kappa shape index (κ3) is 20.0. The standard InChI is InChI=1S/Co.Fe.Mg.Mn.Ni.2H. The van der Waals surface area contributed by atoms with Gasteiger partial charge in [-0.25, -0.2) is 0 Å². The van der Waals surface area contributed by atoms with E-state index in [0.717, 1.165) is 0 Å². The van der Waals surface area contributed by atoms with E-state index in [1.165, 1.54) is 0 Å². The van der Waals surface area contributed by atoms with Crippen LogP contribution < -0.4 is 0 Å². The molecule has 0 saturated heterocycles. The van der Waals surface area contributed by atoms with Crippen LogP contribution in [0.4, 0.5) is 0 Å². The molecule has 0 unspecified atom stereocenters. The minimum Gasteiger partial charge on any atom is 0 e. The first kappa shape index (κ1) is 45.9. The maximum Gasteiger partial charge on any atom is 0.316 e. The average Bonchev–Trinajstić information content (AvgIpc) is 0. The molecule has 0 amide bonds. The average molecular weight is 255 g/mol. The van der Waals surface area contributed by atoms with Crippen molar-refractivity contribution in [2.24, 2.45) is 0 Å². The van der Waals surface area contributed by atoms with Gasteiger partial charge in [-0.2, -0.15) is 0 Å². The zero-order chi connectivity index (χ0) is 0. The van der Waals surface area contributed by atoms with Gasteiger partial charge in [0.25, 0.3) is 0 Å². The molecular formula is H2CoFeMgMnNi. The van der Waals surface area contributed by atoms with Crippen molar-refractivity contribution in [1.29, 1.82) is 0 Å². The molecule has 0 fully saturated rings. The predicted octanol–water partition coefficient (Wildman–Crippen LogP) is -0.926. The second kappa shape index (κ2) is 29.1. The predicted molar refractivity (Wildman–Crippen MR) is 8.54 cm³/mol. The van der Waals surface area contributed by atoms with E-state index in [-0.39, 0.29) is 90.5 Å². The molecule has 5 heavy (non-hydrogen) atoms. The zero-order valence-electron chi connectivity index (χ0n) is 1.38. The van der Waals surface area contributed by atoms with Gasteiger partial charge in [0, 0.05) is 67.4 Å². The van der Waals surface area contributed by atoms with E-state index < -0.39 is 0 Å². The summed E-state index contributed by atoms with van der Waals surface area (Å²) in [4.78, 5) is 0.